The first-order valence-electron chi connectivity index (χ1n) is 12.8. The van der Waals surface area contributed by atoms with E-state index >= 15 is 0 Å². The average molecular weight is 479 g/mol. The molecular weight excluding hydrogens is 440 g/mol. The van der Waals surface area contributed by atoms with E-state index in [1.54, 1.807) is 7.11 Å². The van der Waals surface area contributed by atoms with E-state index in [0.717, 1.165) is 38.2 Å². The zero-order valence-electron chi connectivity index (χ0n) is 20.8. The number of hydrogen-bond acceptors (Lipinski definition) is 4. The highest BCUT2D eigenvalue weighted by molar-refractivity contribution is 5.84. The molecule has 0 aliphatic carbocycles. The molecular formula is C29H38N2O4. The van der Waals surface area contributed by atoms with Crippen LogP contribution in [0.4, 0.5) is 0 Å². The van der Waals surface area contributed by atoms with Crippen LogP contribution in [-0.4, -0.2) is 67.1 Å². The molecule has 3 aromatic rings. The van der Waals surface area contributed by atoms with Crippen LogP contribution in [0.15, 0.2) is 54.7 Å². The van der Waals surface area contributed by atoms with Gasteiger partial charge in [0.25, 0.3) is 0 Å². The van der Waals surface area contributed by atoms with Gasteiger partial charge in [-0.05, 0) is 67.4 Å². The Morgan fingerprint density at radius 1 is 0.943 bits per heavy atom. The first kappa shape index (κ1) is 25.4. The van der Waals surface area contributed by atoms with Gasteiger partial charge in [-0.2, -0.15) is 0 Å². The number of carbonyl (C=O) groups is 1. The first-order valence-corrected chi connectivity index (χ1v) is 12.8. The van der Waals surface area contributed by atoms with E-state index in [2.05, 4.69) is 64.2 Å². The predicted molar refractivity (Wildman–Crippen MR) is 139 cm³/mol. The van der Waals surface area contributed by atoms with Gasteiger partial charge in [0.15, 0.2) is 0 Å². The van der Waals surface area contributed by atoms with Crippen molar-refractivity contribution in [2.45, 2.75) is 44.6 Å². The number of aliphatic carboxylic acids is 1. The maximum Gasteiger partial charge on any atom is 0.303 e. The second kappa shape index (κ2) is 12.9. The molecule has 1 aliphatic heterocycles. The number of para-hydroxylation sites is 1. The van der Waals surface area contributed by atoms with Crippen LogP contribution in [-0.2, 0) is 33.7 Å². The number of benzene rings is 2. The molecule has 1 fully saturated rings. The van der Waals surface area contributed by atoms with Crippen LogP contribution in [0.5, 0.6) is 0 Å². The normalized spacial score (nSPS) is 15.1. The van der Waals surface area contributed by atoms with E-state index in [4.69, 9.17) is 14.6 Å². The van der Waals surface area contributed by atoms with E-state index in [-0.39, 0.29) is 6.42 Å². The van der Waals surface area contributed by atoms with Gasteiger partial charge >= 0.3 is 5.97 Å². The maximum atomic E-state index is 10.8. The molecule has 1 N–H and O–H groups in total. The molecule has 2 aromatic carbocycles. The number of carboxylic acid groups (broad SMARTS) is 1. The fourth-order valence-electron chi connectivity index (χ4n) is 5.07. The number of piperidine rings is 1. The Hall–Kier alpha value is -2.67. The van der Waals surface area contributed by atoms with Crippen LogP contribution in [0.25, 0.3) is 10.9 Å². The smallest absolute Gasteiger partial charge is 0.303 e. The van der Waals surface area contributed by atoms with Crippen molar-refractivity contribution in [3.63, 3.8) is 0 Å². The zero-order chi connectivity index (χ0) is 24.5. The van der Waals surface area contributed by atoms with Gasteiger partial charge in [-0.1, -0.05) is 42.5 Å². The van der Waals surface area contributed by atoms with Crippen molar-refractivity contribution in [3.8, 4) is 0 Å². The Balaban J connectivity index is 1.28. The van der Waals surface area contributed by atoms with Crippen LogP contribution < -0.4 is 0 Å². The van der Waals surface area contributed by atoms with Crippen LogP contribution >= 0.6 is 0 Å². The molecule has 1 saturated heterocycles. The summed E-state index contributed by atoms with van der Waals surface area (Å²) in [5.74, 6) is -0.144. The van der Waals surface area contributed by atoms with Crippen molar-refractivity contribution in [1.29, 1.82) is 0 Å². The Morgan fingerprint density at radius 2 is 1.66 bits per heavy atom. The fourth-order valence-corrected chi connectivity index (χ4v) is 5.07. The van der Waals surface area contributed by atoms with E-state index in [1.807, 2.05) is 0 Å². The molecule has 2 heterocycles. The zero-order valence-corrected chi connectivity index (χ0v) is 20.8. The minimum Gasteiger partial charge on any atom is -0.481 e. The Bertz CT molecular complexity index is 1070. The quantitative estimate of drug-likeness (QED) is 0.360. The highest BCUT2D eigenvalue weighted by Crippen LogP contribution is 2.34. The summed E-state index contributed by atoms with van der Waals surface area (Å²) in [7, 11) is 1.70. The molecule has 0 radical (unpaired) electrons. The van der Waals surface area contributed by atoms with Gasteiger partial charge in [0.05, 0.1) is 19.8 Å². The van der Waals surface area contributed by atoms with Gasteiger partial charge in [-0.15, -0.1) is 0 Å². The number of ether oxygens (including phenoxy) is 2. The van der Waals surface area contributed by atoms with Crippen molar-refractivity contribution in [3.05, 3.63) is 71.4 Å². The Labute approximate surface area is 208 Å². The fraction of sp³-hybridized carbons (Fsp3) is 0.483. The molecule has 0 amide bonds. The molecule has 35 heavy (non-hydrogen) atoms. The summed E-state index contributed by atoms with van der Waals surface area (Å²) in [5.41, 5.74) is 5.20. The minimum atomic E-state index is -0.742. The molecule has 0 bridgehead atoms. The van der Waals surface area contributed by atoms with Crippen LogP contribution in [0.3, 0.4) is 0 Å². The van der Waals surface area contributed by atoms with Gasteiger partial charge in [-0.3, -0.25) is 4.79 Å². The molecule has 0 unspecified atom stereocenters. The number of nitrogens with zero attached hydrogens (tertiary/aromatic N) is 2. The monoisotopic (exact) mass is 478 g/mol. The van der Waals surface area contributed by atoms with Gasteiger partial charge in [0.1, 0.15) is 0 Å². The maximum absolute atomic E-state index is 10.8. The minimum absolute atomic E-state index is 0.190. The molecule has 0 saturated carbocycles. The number of fused-ring (bicyclic) bond motifs is 1. The van der Waals surface area contributed by atoms with E-state index in [0.29, 0.717) is 32.2 Å². The third kappa shape index (κ3) is 7.17. The second-order valence-electron chi connectivity index (χ2n) is 9.48. The summed E-state index contributed by atoms with van der Waals surface area (Å²) >= 11 is 0. The van der Waals surface area contributed by atoms with Crippen molar-refractivity contribution in [2.75, 3.05) is 46.6 Å². The van der Waals surface area contributed by atoms with E-state index in [9.17, 15) is 4.79 Å². The molecule has 0 atom stereocenters. The molecule has 6 nitrogen and oxygen atoms in total. The van der Waals surface area contributed by atoms with Crippen LogP contribution in [0, 0.1) is 0 Å². The lowest BCUT2D eigenvalue weighted by atomic mass is 9.89. The average Bonchev–Trinajstić information content (AvgIpc) is 3.26. The topological polar surface area (TPSA) is 63.9 Å². The highest BCUT2D eigenvalue weighted by Gasteiger charge is 2.23. The number of likely N-dealkylation sites (tertiary alicyclic amines) is 1. The summed E-state index contributed by atoms with van der Waals surface area (Å²) in [4.78, 5) is 13.3. The summed E-state index contributed by atoms with van der Waals surface area (Å²) in [6, 6.07) is 17.2. The largest absolute Gasteiger partial charge is 0.481 e. The van der Waals surface area contributed by atoms with Gasteiger partial charge in [0, 0.05) is 43.7 Å². The van der Waals surface area contributed by atoms with Crippen LogP contribution in [0.2, 0.25) is 0 Å². The predicted octanol–water partition coefficient (Wildman–Crippen LogP) is 4.74. The van der Waals surface area contributed by atoms with Crippen molar-refractivity contribution in [2.24, 2.45) is 0 Å². The molecule has 4 rings (SSSR count). The summed E-state index contributed by atoms with van der Waals surface area (Å²) in [6.07, 6.45) is 6.55. The molecule has 0 spiro atoms. The third-order valence-electron chi connectivity index (χ3n) is 7.12. The molecule has 1 aromatic heterocycles. The third-order valence-corrected chi connectivity index (χ3v) is 7.12. The number of carboxylic acids is 1. The summed E-state index contributed by atoms with van der Waals surface area (Å²) < 4.78 is 13.1. The van der Waals surface area contributed by atoms with Crippen molar-refractivity contribution in [1.82, 2.24) is 9.47 Å². The molecule has 188 valence electrons. The standard InChI is InChI=1S/C29H38N2O4/c1-34-20-21-35-19-18-31-22-27(26-4-2-3-5-28(26)31)25-13-16-30(17-14-25)15-12-24-8-6-23(7-9-24)10-11-29(32)33/h2-9,22,25H,10-21H2,1H3,(H,32,33). The Morgan fingerprint density at radius 3 is 2.37 bits per heavy atom. The summed E-state index contributed by atoms with van der Waals surface area (Å²) in [5, 5.41) is 10.2. The number of rotatable bonds is 13. The number of aryl methyl sites for hydroxylation is 1. The molecule has 1 aliphatic rings. The number of hydrogen-bond donors (Lipinski definition) is 1. The van der Waals surface area contributed by atoms with Crippen molar-refractivity contribution >= 4 is 16.9 Å². The lowest BCUT2D eigenvalue weighted by Crippen LogP contribution is -2.34. The lowest BCUT2D eigenvalue weighted by Gasteiger charge is -2.32. The van der Waals surface area contributed by atoms with Gasteiger partial charge in [-0.25, -0.2) is 0 Å². The van der Waals surface area contributed by atoms with Crippen LogP contribution in [0.1, 0.15) is 41.9 Å². The first-order chi connectivity index (χ1) is 17.1. The Kier molecular flexibility index (Phi) is 9.35. The lowest BCUT2D eigenvalue weighted by molar-refractivity contribution is -0.136. The van der Waals surface area contributed by atoms with E-state index < -0.39 is 5.97 Å². The summed E-state index contributed by atoms with van der Waals surface area (Å²) in [6.45, 7) is 6.15. The number of aromatic nitrogens is 1. The number of methoxy groups -OCH3 is 1. The van der Waals surface area contributed by atoms with E-state index in [1.165, 1.54) is 34.9 Å². The van der Waals surface area contributed by atoms with Gasteiger partial charge < -0.3 is 24.0 Å². The molecule has 6 heteroatoms. The SMILES string of the molecule is COCCOCCn1cc(C2CCN(CCc3ccc(CCC(=O)O)cc3)CC2)c2ccccc21. The van der Waals surface area contributed by atoms with Gasteiger partial charge in [0.2, 0.25) is 0 Å². The van der Waals surface area contributed by atoms with Crippen molar-refractivity contribution < 1.29 is 19.4 Å². The highest BCUT2D eigenvalue weighted by atomic mass is 16.5. The second-order valence-corrected chi connectivity index (χ2v) is 9.48.